The van der Waals surface area contributed by atoms with Gasteiger partial charge in [0.05, 0.1) is 11.2 Å². The summed E-state index contributed by atoms with van der Waals surface area (Å²) < 4.78 is 2.17. The lowest BCUT2D eigenvalue weighted by atomic mass is 9.78. The maximum Gasteiger partial charge on any atom is 0.150 e. The molecule has 0 radical (unpaired) electrons. The van der Waals surface area contributed by atoms with Gasteiger partial charge in [0.2, 0.25) is 0 Å². The van der Waals surface area contributed by atoms with E-state index in [1.54, 1.807) is 6.20 Å². The second kappa shape index (κ2) is 8.84. The van der Waals surface area contributed by atoms with E-state index in [4.69, 9.17) is 15.7 Å². The number of imidazole rings is 1. The lowest BCUT2D eigenvalue weighted by Gasteiger charge is -2.44. The summed E-state index contributed by atoms with van der Waals surface area (Å²) in [7, 11) is 0. The van der Waals surface area contributed by atoms with Crippen molar-refractivity contribution in [2.24, 2.45) is 0 Å². The number of benzene rings is 1. The van der Waals surface area contributed by atoms with E-state index in [0.29, 0.717) is 17.8 Å². The molecule has 2 aliphatic carbocycles. The van der Waals surface area contributed by atoms with Gasteiger partial charge in [-0.2, -0.15) is 0 Å². The fourth-order valence-electron chi connectivity index (χ4n) is 5.95. The Hall–Kier alpha value is -3.55. The number of fused-ring (bicyclic) bond motifs is 2. The number of hydrogen-bond donors (Lipinski definition) is 2. The third-order valence-electron chi connectivity index (χ3n) is 8.01. The van der Waals surface area contributed by atoms with Crippen molar-refractivity contribution < 1.29 is 0 Å². The molecule has 3 aliphatic rings. The molecule has 0 atom stereocenters. The van der Waals surface area contributed by atoms with Gasteiger partial charge in [-0.3, -0.25) is 9.30 Å². The second-order valence-electron chi connectivity index (χ2n) is 10.2. The Labute approximate surface area is 210 Å². The monoisotopic (exact) mass is 477 g/mol. The van der Waals surface area contributed by atoms with Crippen LogP contribution in [0.25, 0.3) is 33.3 Å². The summed E-state index contributed by atoms with van der Waals surface area (Å²) in [4.78, 5) is 17.2. The highest BCUT2D eigenvalue weighted by Crippen LogP contribution is 2.42. The Kier molecular flexibility index (Phi) is 5.33. The zero-order chi connectivity index (χ0) is 24.1. The van der Waals surface area contributed by atoms with Gasteiger partial charge in [-0.05, 0) is 43.4 Å². The average molecular weight is 478 g/mol. The van der Waals surface area contributed by atoms with Crippen molar-refractivity contribution >= 4 is 27.8 Å². The van der Waals surface area contributed by atoms with Gasteiger partial charge in [-0.25, -0.2) is 15.0 Å². The summed E-state index contributed by atoms with van der Waals surface area (Å²) in [5.74, 6) is 2.05. The van der Waals surface area contributed by atoms with Crippen LogP contribution < -0.4 is 11.1 Å². The van der Waals surface area contributed by atoms with Crippen LogP contribution in [0, 0.1) is 0 Å². The van der Waals surface area contributed by atoms with Crippen LogP contribution in [-0.2, 0) is 0 Å². The molecule has 4 aromatic rings. The Morgan fingerprint density at radius 1 is 1.00 bits per heavy atom. The van der Waals surface area contributed by atoms with Gasteiger partial charge in [0.25, 0.3) is 0 Å². The van der Waals surface area contributed by atoms with Gasteiger partial charge in [0, 0.05) is 61.5 Å². The van der Waals surface area contributed by atoms with E-state index in [1.807, 2.05) is 6.20 Å². The Morgan fingerprint density at radius 3 is 2.69 bits per heavy atom. The molecular formula is C29H31N7. The minimum absolute atomic E-state index is 0.433. The fraction of sp³-hybridized carbons (Fsp3) is 0.345. The number of anilines is 1. The predicted octanol–water partition coefficient (Wildman–Crippen LogP) is 4.41. The quantitative estimate of drug-likeness (QED) is 0.453. The normalized spacial score (nSPS) is 22.6. The van der Waals surface area contributed by atoms with Crippen molar-refractivity contribution in [3.05, 3.63) is 72.5 Å². The summed E-state index contributed by atoms with van der Waals surface area (Å²) >= 11 is 0. The molecule has 7 nitrogen and oxygen atoms in total. The molecule has 4 heterocycles. The highest BCUT2D eigenvalue weighted by Gasteiger charge is 2.37. The molecule has 1 saturated heterocycles. The third kappa shape index (κ3) is 3.70. The lowest BCUT2D eigenvalue weighted by molar-refractivity contribution is 0.0928. The van der Waals surface area contributed by atoms with E-state index in [1.165, 1.54) is 5.57 Å². The number of nitrogens with two attached hydrogens (primary N) is 1. The predicted molar refractivity (Wildman–Crippen MR) is 145 cm³/mol. The van der Waals surface area contributed by atoms with Gasteiger partial charge in [0.15, 0.2) is 0 Å². The maximum atomic E-state index is 6.43. The van der Waals surface area contributed by atoms with E-state index in [0.717, 1.165) is 91.1 Å². The largest absolute Gasteiger partial charge is 0.382 e. The van der Waals surface area contributed by atoms with Crippen molar-refractivity contribution in [2.45, 2.75) is 37.6 Å². The Balaban J connectivity index is 1.26. The van der Waals surface area contributed by atoms with Crippen molar-refractivity contribution in [1.29, 1.82) is 0 Å². The number of nitrogens with one attached hydrogen (secondary N) is 1. The number of rotatable bonds is 4. The molecule has 1 saturated carbocycles. The number of piperazine rings is 1. The molecule has 182 valence electrons. The summed E-state index contributed by atoms with van der Waals surface area (Å²) in [6.07, 6.45) is 14.9. The lowest BCUT2D eigenvalue weighted by Crippen LogP contribution is -2.52. The van der Waals surface area contributed by atoms with Gasteiger partial charge < -0.3 is 11.1 Å². The molecule has 2 fully saturated rings. The summed E-state index contributed by atoms with van der Waals surface area (Å²) in [5, 5.41) is 4.58. The van der Waals surface area contributed by atoms with E-state index < -0.39 is 0 Å². The zero-order valence-corrected chi connectivity index (χ0v) is 20.4. The highest BCUT2D eigenvalue weighted by atomic mass is 15.2. The molecule has 1 aromatic carbocycles. The van der Waals surface area contributed by atoms with E-state index in [-0.39, 0.29) is 0 Å². The van der Waals surface area contributed by atoms with Crippen LogP contribution in [0.5, 0.6) is 0 Å². The van der Waals surface area contributed by atoms with Gasteiger partial charge in [-0.15, -0.1) is 0 Å². The molecule has 3 aromatic heterocycles. The number of nitrogen functional groups attached to an aromatic ring is 1. The van der Waals surface area contributed by atoms with Crippen molar-refractivity contribution in [3.8, 4) is 11.3 Å². The molecule has 0 amide bonds. The average Bonchev–Trinajstić information content (AvgIpc) is 3.29. The standard InChI is InChI=1S/C29H31N7/c30-28-27-26(21-7-6-20-8-9-24(33-25(20)18-21)19-4-2-1-3-5-19)34-29(36(27)15-12-32-28)22-16-23(17-22)35-13-10-31-11-14-35/h2,4-9,12,15,18,22-23,31H,1,3,10-11,13-14,16-17H2,(H2,30,32)/t22-,23+. The number of hydrogen-bond acceptors (Lipinski definition) is 6. The first kappa shape index (κ1) is 21.7. The van der Waals surface area contributed by atoms with Crippen LogP contribution >= 0.6 is 0 Å². The molecule has 7 rings (SSSR count). The van der Waals surface area contributed by atoms with E-state index >= 15 is 0 Å². The first-order valence-electron chi connectivity index (χ1n) is 13.1. The highest BCUT2D eigenvalue weighted by molar-refractivity contribution is 5.91. The van der Waals surface area contributed by atoms with Crippen LogP contribution in [0.1, 0.15) is 43.1 Å². The Bertz CT molecular complexity index is 1500. The fourth-order valence-corrected chi connectivity index (χ4v) is 5.95. The smallest absolute Gasteiger partial charge is 0.150 e. The van der Waals surface area contributed by atoms with Crippen LogP contribution in [0.2, 0.25) is 0 Å². The molecule has 1 aliphatic heterocycles. The minimum Gasteiger partial charge on any atom is -0.382 e. The van der Waals surface area contributed by atoms with Gasteiger partial charge >= 0.3 is 0 Å². The Morgan fingerprint density at radius 2 is 1.86 bits per heavy atom. The van der Waals surface area contributed by atoms with E-state index in [2.05, 4.69) is 68.2 Å². The number of pyridine rings is 1. The maximum absolute atomic E-state index is 6.43. The van der Waals surface area contributed by atoms with Crippen LogP contribution in [-0.4, -0.2) is 56.5 Å². The third-order valence-corrected chi connectivity index (χ3v) is 8.01. The topological polar surface area (TPSA) is 84.4 Å². The van der Waals surface area contributed by atoms with Crippen LogP contribution in [0.15, 0.2) is 61.0 Å². The van der Waals surface area contributed by atoms with Crippen molar-refractivity contribution in [3.63, 3.8) is 0 Å². The molecule has 3 N–H and O–H groups in total. The summed E-state index contributed by atoms with van der Waals surface area (Å²) in [6, 6.07) is 11.3. The molecule has 0 spiro atoms. The van der Waals surface area contributed by atoms with Crippen LogP contribution in [0.3, 0.4) is 0 Å². The first-order chi connectivity index (χ1) is 17.7. The molecular weight excluding hydrogens is 446 g/mol. The second-order valence-corrected chi connectivity index (χ2v) is 10.2. The zero-order valence-electron chi connectivity index (χ0n) is 20.4. The van der Waals surface area contributed by atoms with Gasteiger partial charge in [0.1, 0.15) is 22.9 Å². The number of allylic oxidation sites excluding steroid dienone is 4. The molecule has 0 unspecified atom stereocenters. The van der Waals surface area contributed by atoms with Crippen molar-refractivity contribution in [1.82, 2.24) is 29.6 Å². The van der Waals surface area contributed by atoms with Crippen molar-refractivity contribution in [2.75, 3.05) is 31.9 Å². The van der Waals surface area contributed by atoms with Gasteiger partial charge in [-0.1, -0.05) is 36.4 Å². The molecule has 0 bridgehead atoms. The number of aromatic nitrogens is 4. The van der Waals surface area contributed by atoms with E-state index in [9.17, 15) is 0 Å². The molecule has 7 heteroatoms. The SMILES string of the molecule is Nc1nccn2c1c(-c1ccc3ccc(C4=CCCC=C4)nc3c1)nc2[C@H]1C[C@@H](N2CCNCC2)C1. The first-order valence-corrected chi connectivity index (χ1v) is 13.1. The summed E-state index contributed by atoms with van der Waals surface area (Å²) in [5.41, 5.74) is 12.4. The summed E-state index contributed by atoms with van der Waals surface area (Å²) in [6.45, 7) is 4.46. The van der Waals surface area contributed by atoms with Crippen LogP contribution in [0.4, 0.5) is 5.82 Å². The number of nitrogens with zero attached hydrogens (tertiary/aromatic N) is 5. The minimum atomic E-state index is 0.433. The molecule has 36 heavy (non-hydrogen) atoms.